The van der Waals surface area contributed by atoms with Crippen LogP contribution in [0.2, 0.25) is 0 Å². The van der Waals surface area contributed by atoms with Crippen molar-refractivity contribution in [2.75, 3.05) is 0 Å². The van der Waals surface area contributed by atoms with E-state index in [9.17, 15) is 0 Å². The minimum absolute atomic E-state index is 0.619. The lowest BCUT2D eigenvalue weighted by Gasteiger charge is -2.11. The monoisotopic (exact) mass is 664 g/mol. The molecule has 0 unspecified atom stereocenters. The molecule has 0 amide bonds. The number of ether oxygens (including phenoxy) is 4. The van der Waals surface area contributed by atoms with Crippen LogP contribution in [-0.2, 0) is 0 Å². The van der Waals surface area contributed by atoms with Crippen LogP contribution in [0, 0.1) is 0 Å². The van der Waals surface area contributed by atoms with E-state index in [1.54, 1.807) is 0 Å². The molecule has 6 nitrogen and oxygen atoms in total. The van der Waals surface area contributed by atoms with E-state index >= 15 is 0 Å². The highest BCUT2D eigenvalue weighted by Crippen LogP contribution is 2.39. The van der Waals surface area contributed by atoms with Gasteiger partial charge in [-0.25, -0.2) is 4.98 Å². The number of nitrogens with one attached hydrogen (secondary N) is 1. The Morgan fingerprint density at radius 1 is 0.314 bits per heavy atom. The number of hydrogen-bond acceptors (Lipinski definition) is 5. The summed E-state index contributed by atoms with van der Waals surface area (Å²) in [5.74, 6) is 6.36. The van der Waals surface area contributed by atoms with Crippen molar-refractivity contribution in [1.82, 2.24) is 9.97 Å². The first kappa shape index (κ1) is 31.2. The molecule has 0 saturated carbocycles. The number of aromatic amines is 1. The van der Waals surface area contributed by atoms with Crippen LogP contribution < -0.4 is 18.9 Å². The summed E-state index contributed by atoms with van der Waals surface area (Å²) in [6.07, 6.45) is 0. The third-order valence-electron chi connectivity index (χ3n) is 8.04. The molecule has 0 aliphatic carbocycles. The van der Waals surface area contributed by atoms with Gasteiger partial charge in [0, 0.05) is 22.8 Å². The van der Waals surface area contributed by atoms with Crippen molar-refractivity contribution in [2.24, 2.45) is 0 Å². The molecule has 1 N–H and O–H groups in total. The summed E-state index contributed by atoms with van der Waals surface area (Å²) in [4.78, 5) is 8.81. The first-order valence-electron chi connectivity index (χ1n) is 16.6. The van der Waals surface area contributed by atoms with Gasteiger partial charge in [-0.1, -0.05) is 72.8 Å². The Hall–Kier alpha value is -7.05. The number of H-pyrrole nitrogens is 1. The van der Waals surface area contributed by atoms with Gasteiger partial charge in [0.15, 0.2) is 0 Å². The summed E-state index contributed by atoms with van der Waals surface area (Å²) in [5.41, 5.74) is 4.32. The first-order valence-corrected chi connectivity index (χ1v) is 16.6. The van der Waals surface area contributed by atoms with Gasteiger partial charge in [0.25, 0.3) is 0 Å². The number of rotatable bonds is 11. The van der Waals surface area contributed by atoms with Crippen LogP contribution in [0.1, 0.15) is 0 Å². The van der Waals surface area contributed by atoms with Gasteiger partial charge < -0.3 is 23.9 Å². The van der Waals surface area contributed by atoms with Crippen LogP contribution in [0.5, 0.6) is 46.0 Å². The molecule has 8 aromatic rings. The SMILES string of the molecule is c1ccc(Oc2ccc(-c3nc(-c4cc(Oc5ccccc5)cc(Oc5ccccc5)c4)[nH]c3-c3ccc(Oc4ccccc4)cc3)cc2)cc1. The highest BCUT2D eigenvalue weighted by molar-refractivity contribution is 5.82. The second kappa shape index (κ2) is 14.6. The van der Waals surface area contributed by atoms with Gasteiger partial charge in [0.1, 0.15) is 51.8 Å². The Morgan fingerprint density at radius 2 is 0.667 bits per heavy atom. The topological polar surface area (TPSA) is 65.6 Å². The lowest BCUT2D eigenvalue weighted by Crippen LogP contribution is -1.90. The maximum atomic E-state index is 6.30. The minimum atomic E-state index is 0.619. The summed E-state index contributed by atoms with van der Waals surface area (Å²) in [6, 6.07) is 60.6. The first-order chi connectivity index (χ1) is 25.2. The fourth-order valence-electron chi connectivity index (χ4n) is 5.62. The van der Waals surface area contributed by atoms with E-state index in [0.29, 0.717) is 17.3 Å². The molecule has 246 valence electrons. The van der Waals surface area contributed by atoms with Crippen molar-refractivity contribution >= 4 is 0 Å². The Bertz CT molecular complexity index is 2160. The lowest BCUT2D eigenvalue weighted by atomic mass is 10.0. The Morgan fingerprint density at radius 3 is 1.08 bits per heavy atom. The molecule has 0 spiro atoms. The van der Waals surface area contributed by atoms with Crippen LogP contribution in [0.15, 0.2) is 188 Å². The molecule has 51 heavy (non-hydrogen) atoms. The number of imidazole rings is 1. The fraction of sp³-hybridized carbons (Fsp3) is 0. The van der Waals surface area contributed by atoms with Crippen molar-refractivity contribution in [1.29, 1.82) is 0 Å². The minimum Gasteiger partial charge on any atom is -0.457 e. The van der Waals surface area contributed by atoms with E-state index in [1.807, 2.05) is 188 Å². The van der Waals surface area contributed by atoms with Crippen molar-refractivity contribution < 1.29 is 18.9 Å². The zero-order valence-corrected chi connectivity index (χ0v) is 27.5. The summed E-state index contributed by atoms with van der Waals surface area (Å²) in [6.45, 7) is 0. The molecule has 0 saturated heterocycles. The average Bonchev–Trinajstić information content (AvgIpc) is 3.63. The molecule has 0 fully saturated rings. The van der Waals surface area contributed by atoms with E-state index in [-0.39, 0.29) is 0 Å². The normalized spacial score (nSPS) is 10.7. The molecular formula is C45H32N2O4. The van der Waals surface area contributed by atoms with Crippen LogP contribution in [0.25, 0.3) is 33.9 Å². The molecule has 0 bridgehead atoms. The summed E-state index contributed by atoms with van der Waals surface area (Å²) in [5, 5.41) is 0. The lowest BCUT2D eigenvalue weighted by molar-refractivity contribution is 0.460. The number of benzene rings is 7. The van der Waals surface area contributed by atoms with Crippen LogP contribution >= 0.6 is 0 Å². The van der Waals surface area contributed by atoms with Crippen LogP contribution in [0.3, 0.4) is 0 Å². The fourth-order valence-corrected chi connectivity index (χ4v) is 5.62. The molecule has 1 heterocycles. The molecule has 1 aromatic heterocycles. The van der Waals surface area contributed by atoms with Gasteiger partial charge in [-0.3, -0.25) is 0 Å². The van der Waals surface area contributed by atoms with E-state index in [4.69, 9.17) is 23.9 Å². The number of nitrogens with zero attached hydrogens (tertiary/aromatic N) is 1. The molecular weight excluding hydrogens is 633 g/mol. The zero-order valence-electron chi connectivity index (χ0n) is 27.5. The highest BCUT2D eigenvalue weighted by Gasteiger charge is 2.18. The summed E-state index contributed by atoms with van der Waals surface area (Å²) < 4.78 is 24.8. The van der Waals surface area contributed by atoms with Crippen molar-refractivity contribution in [3.8, 4) is 79.9 Å². The molecule has 7 aromatic carbocycles. The van der Waals surface area contributed by atoms with Crippen molar-refractivity contribution in [3.63, 3.8) is 0 Å². The molecule has 0 atom stereocenters. The van der Waals surface area contributed by atoms with E-state index in [0.717, 1.165) is 62.6 Å². The van der Waals surface area contributed by atoms with Gasteiger partial charge in [0.2, 0.25) is 0 Å². The standard InChI is InChI=1S/C45H32N2O4/c1-5-13-35(14-6-1)48-39-25-21-32(22-26-39)43-44(33-23-27-40(28-24-33)49-36-15-7-2-8-16-36)47-45(46-43)34-29-41(50-37-17-9-3-10-18-37)31-42(30-34)51-38-19-11-4-12-20-38/h1-31H,(H,46,47). The smallest absolute Gasteiger partial charge is 0.138 e. The second-order valence-corrected chi connectivity index (χ2v) is 11.7. The quantitative estimate of drug-likeness (QED) is 0.149. The van der Waals surface area contributed by atoms with Crippen molar-refractivity contribution in [2.45, 2.75) is 0 Å². The van der Waals surface area contributed by atoms with Gasteiger partial charge in [-0.05, 0) is 109 Å². The number of para-hydroxylation sites is 4. The van der Waals surface area contributed by atoms with Gasteiger partial charge in [-0.2, -0.15) is 0 Å². The molecule has 0 aliphatic heterocycles. The predicted molar refractivity (Wildman–Crippen MR) is 201 cm³/mol. The maximum Gasteiger partial charge on any atom is 0.138 e. The summed E-state index contributed by atoms with van der Waals surface area (Å²) in [7, 11) is 0. The van der Waals surface area contributed by atoms with Crippen LogP contribution in [-0.4, -0.2) is 9.97 Å². The Kier molecular flexibility index (Phi) is 8.94. The van der Waals surface area contributed by atoms with Gasteiger partial charge >= 0.3 is 0 Å². The largest absolute Gasteiger partial charge is 0.457 e. The van der Waals surface area contributed by atoms with E-state index in [1.165, 1.54) is 0 Å². The second-order valence-electron chi connectivity index (χ2n) is 11.7. The number of aromatic nitrogens is 2. The number of hydrogen-bond donors (Lipinski definition) is 1. The zero-order chi connectivity index (χ0) is 34.2. The van der Waals surface area contributed by atoms with Gasteiger partial charge in [-0.15, -0.1) is 0 Å². The molecule has 8 rings (SSSR count). The maximum absolute atomic E-state index is 6.30. The highest BCUT2D eigenvalue weighted by atomic mass is 16.5. The third kappa shape index (κ3) is 7.66. The van der Waals surface area contributed by atoms with Crippen molar-refractivity contribution in [3.05, 3.63) is 188 Å². The predicted octanol–water partition coefficient (Wildman–Crippen LogP) is 12.6. The third-order valence-corrected chi connectivity index (χ3v) is 8.04. The van der Waals surface area contributed by atoms with E-state index in [2.05, 4.69) is 4.98 Å². The molecule has 6 heteroatoms. The molecule has 0 radical (unpaired) electrons. The Balaban J connectivity index is 1.18. The molecule has 0 aliphatic rings. The van der Waals surface area contributed by atoms with Crippen LogP contribution in [0.4, 0.5) is 0 Å². The average molecular weight is 665 g/mol. The van der Waals surface area contributed by atoms with E-state index < -0.39 is 0 Å². The van der Waals surface area contributed by atoms with Gasteiger partial charge in [0.05, 0.1) is 11.4 Å². The summed E-state index contributed by atoms with van der Waals surface area (Å²) >= 11 is 0. The Labute approximate surface area is 296 Å².